The maximum absolute atomic E-state index is 12.4. The standard InChI is InChI=1S/C17H27N3O6S/c1-7-13-12(8(2)21)15(23)20(13)16(26-17(24)25)14(7)27-9-4-10(19-5-9)11(22)6-18-3/h7-13,18-19,21-22H,4-6H2,1-3H3,(H,24,25)/t7-,8-,9+,10+,11-,12-,13+/m1/s1. The molecule has 1 amide bonds. The van der Waals surface area contributed by atoms with Crippen molar-refractivity contribution in [3.8, 4) is 0 Å². The zero-order valence-corrected chi connectivity index (χ0v) is 16.4. The predicted molar refractivity (Wildman–Crippen MR) is 98.8 cm³/mol. The van der Waals surface area contributed by atoms with Crippen LogP contribution in [0, 0.1) is 11.8 Å². The van der Waals surface area contributed by atoms with E-state index in [2.05, 4.69) is 10.6 Å². The number of nitrogens with one attached hydrogen (secondary N) is 2. The van der Waals surface area contributed by atoms with Crippen LogP contribution in [-0.4, -0.2) is 82.0 Å². The zero-order chi connectivity index (χ0) is 19.9. The highest BCUT2D eigenvalue weighted by Gasteiger charge is 2.60. The van der Waals surface area contributed by atoms with E-state index < -0.39 is 24.3 Å². The Morgan fingerprint density at radius 1 is 1.48 bits per heavy atom. The maximum Gasteiger partial charge on any atom is 0.512 e. The van der Waals surface area contributed by atoms with Crippen molar-refractivity contribution in [2.24, 2.45) is 11.8 Å². The summed E-state index contributed by atoms with van der Waals surface area (Å²) in [6, 6.07) is -0.325. The highest BCUT2D eigenvalue weighted by Crippen LogP contribution is 2.52. The van der Waals surface area contributed by atoms with Gasteiger partial charge in [0.1, 0.15) is 0 Å². The first-order valence-electron chi connectivity index (χ1n) is 9.15. The Kier molecular flexibility index (Phi) is 6.02. The molecular weight excluding hydrogens is 374 g/mol. The Morgan fingerprint density at radius 2 is 2.19 bits per heavy atom. The molecule has 2 saturated heterocycles. The van der Waals surface area contributed by atoms with Gasteiger partial charge in [0.15, 0.2) is 0 Å². The molecule has 152 valence electrons. The molecule has 27 heavy (non-hydrogen) atoms. The van der Waals surface area contributed by atoms with Gasteiger partial charge >= 0.3 is 6.16 Å². The van der Waals surface area contributed by atoms with Crippen LogP contribution in [0.25, 0.3) is 0 Å². The van der Waals surface area contributed by atoms with Crippen LogP contribution in [-0.2, 0) is 9.53 Å². The van der Waals surface area contributed by atoms with Gasteiger partial charge in [0, 0.05) is 30.3 Å². The lowest BCUT2D eigenvalue weighted by atomic mass is 9.79. The molecule has 9 nitrogen and oxygen atoms in total. The van der Waals surface area contributed by atoms with Crippen molar-refractivity contribution >= 4 is 23.8 Å². The number of thioether (sulfide) groups is 1. The number of carbonyl (C=O) groups excluding carboxylic acids is 1. The number of nitrogens with zero attached hydrogens (tertiary/aromatic N) is 1. The predicted octanol–water partition coefficient (Wildman–Crippen LogP) is -0.248. The van der Waals surface area contributed by atoms with Gasteiger partial charge in [-0.15, -0.1) is 11.8 Å². The first-order chi connectivity index (χ1) is 12.8. The first-order valence-corrected chi connectivity index (χ1v) is 10.0. The SMILES string of the molecule is CNC[C@@H](O)[C@@H]1C[C@H](SC2=C(OC(=O)O)N3C(=O)[C@H]([C@@H](C)O)[C@@H]3[C@H]2C)CN1. The van der Waals surface area contributed by atoms with Crippen LogP contribution in [0.15, 0.2) is 10.8 Å². The van der Waals surface area contributed by atoms with Gasteiger partial charge in [-0.1, -0.05) is 6.92 Å². The van der Waals surface area contributed by atoms with E-state index in [-0.39, 0.29) is 35.0 Å². The van der Waals surface area contributed by atoms with Gasteiger partial charge in [0.25, 0.3) is 0 Å². The van der Waals surface area contributed by atoms with Crippen LogP contribution in [0.2, 0.25) is 0 Å². The Morgan fingerprint density at radius 3 is 2.78 bits per heavy atom. The average Bonchev–Trinajstić information content (AvgIpc) is 3.11. The Hall–Kier alpha value is -1.33. The fraction of sp³-hybridized carbons (Fsp3) is 0.765. The molecule has 0 spiro atoms. The number of ether oxygens (including phenoxy) is 1. The van der Waals surface area contributed by atoms with Crippen molar-refractivity contribution in [3.05, 3.63) is 10.8 Å². The van der Waals surface area contributed by atoms with Gasteiger partial charge in [0.2, 0.25) is 11.8 Å². The molecular formula is C17H27N3O6S. The molecule has 0 saturated carbocycles. The Labute approximate surface area is 162 Å². The third kappa shape index (κ3) is 3.68. The molecule has 5 N–H and O–H groups in total. The van der Waals surface area contributed by atoms with Crippen LogP contribution in [0.1, 0.15) is 20.3 Å². The highest BCUT2D eigenvalue weighted by atomic mass is 32.2. The van der Waals surface area contributed by atoms with Gasteiger partial charge in [-0.05, 0) is 20.4 Å². The Balaban J connectivity index is 1.75. The second kappa shape index (κ2) is 7.96. The molecule has 0 unspecified atom stereocenters. The molecule has 7 atom stereocenters. The third-order valence-electron chi connectivity index (χ3n) is 5.54. The summed E-state index contributed by atoms with van der Waals surface area (Å²) in [5.74, 6) is -0.896. The number of fused-ring (bicyclic) bond motifs is 1. The zero-order valence-electron chi connectivity index (χ0n) is 15.6. The number of carboxylic acid groups (broad SMARTS) is 1. The quantitative estimate of drug-likeness (QED) is 0.289. The lowest BCUT2D eigenvalue weighted by Crippen LogP contribution is -2.63. The van der Waals surface area contributed by atoms with E-state index in [1.807, 2.05) is 6.92 Å². The van der Waals surface area contributed by atoms with Gasteiger partial charge in [-0.2, -0.15) is 0 Å². The van der Waals surface area contributed by atoms with Crippen molar-refractivity contribution in [3.63, 3.8) is 0 Å². The average molecular weight is 401 g/mol. The molecule has 0 aromatic heterocycles. The second-order valence-corrected chi connectivity index (χ2v) is 8.75. The molecule has 3 aliphatic rings. The number of hydrogen-bond acceptors (Lipinski definition) is 8. The van der Waals surface area contributed by atoms with Gasteiger partial charge in [-0.3, -0.25) is 9.69 Å². The van der Waals surface area contributed by atoms with E-state index >= 15 is 0 Å². The molecule has 10 heteroatoms. The van der Waals surface area contributed by atoms with Crippen molar-refractivity contribution in [1.29, 1.82) is 0 Å². The topological polar surface area (TPSA) is 131 Å². The van der Waals surface area contributed by atoms with Crippen molar-refractivity contribution in [2.45, 2.75) is 49.8 Å². The molecule has 0 radical (unpaired) electrons. The molecule has 0 aliphatic carbocycles. The summed E-state index contributed by atoms with van der Waals surface area (Å²) >= 11 is 1.50. The fourth-order valence-electron chi connectivity index (χ4n) is 4.25. The minimum absolute atomic E-state index is 0.0417. The number of aliphatic hydroxyl groups is 2. The fourth-order valence-corrected chi connectivity index (χ4v) is 5.69. The Bertz CT molecular complexity index is 642. The molecule has 0 aromatic rings. The van der Waals surface area contributed by atoms with Crippen LogP contribution in [0.5, 0.6) is 0 Å². The number of carbonyl (C=O) groups is 2. The number of amides is 1. The number of rotatable bonds is 7. The minimum atomic E-state index is -1.46. The molecule has 0 aromatic carbocycles. The summed E-state index contributed by atoms with van der Waals surface area (Å²) < 4.78 is 4.97. The molecule has 3 aliphatic heterocycles. The maximum atomic E-state index is 12.4. The molecule has 3 rings (SSSR count). The largest absolute Gasteiger partial charge is 0.512 e. The lowest BCUT2D eigenvalue weighted by molar-refractivity contribution is -0.163. The van der Waals surface area contributed by atoms with Crippen molar-refractivity contribution < 1.29 is 29.6 Å². The second-order valence-electron chi connectivity index (χ2n) is 7.41. The summed E-state index contributed by atoms with van der Waals surface area (Å²) in [7, 11) is 1.78. The highest BCUT2D eigenvalue weighted by molar-refractivity contribution is 8.03. The molecule has 0 bridgehead atoms. The molecule has 2 fully saturated rings. The number of β-lactam (4-membered cyclic amide) rings is 1. The third-order valence-corrected chi connectivity index (χ3v) is 7.04. The lowest BCUT2D eigenvalue weighted by Gasteiger charge is -2.45. The van der Waals surface area contributed by atoms with E-state index in [1.165, 1.54) is 16.7 Å². The van der Waals surface area contributed by atoms with E-state index in [1.54, 1.807) is 14.0 Å². The van der Waals surface area contributed by atoms with Crippen LogP contribution < -0.4 is 10.6 Å². The van der Waals surface area contributed by atoms with Crippen LogP contribution >= 0.6 is 11.8 Å². The number of likely N-dealkylation sites (N-methyl/N-ethyl adjacent to an activating group) is 1. The molecule has 3 heterocycles. The minimum Gasteiger partial charge on any atom is -0.449 e. The van der Waals surface area contributed by atoms with Crippen LogP contribution in [0.4, 0.5) is 4.79 Å². The van der Waals surface area contributed by atoms with Gasteiger partial charge in [-0.25, -0.2) is 4.79 Å². The van der Waals surface area contributed by atoms with E-state index in [4.69, 9.17) is 9.84 Å². The van der Waals surface area contributed by atoms with Gasteiger partial charge < -0.3 is 30.7 Å². The van der Waals surface area contributed by atoms with E-state index in [0.717, 1.165) is 11.3 Å². The van der Waals surface area contributed by atoms with Gasteiger partial charge in [0.05, 0.1) is 29.1 Å². The number of hydrogen-bond donors (Lipinski definition) is 5. The summed E-state index contributed by atoms with van der Waals surface area (Å²) in [5.41, 5.74) is 0. The van der Waals surface area contributed by atoms with Crippen molar-refractivity contribution in [1.82, 2.24) is 15.5 Å². The van der Waals surface area contributed by atoms with Crippen LogP contribution in [0.3, 0.4) is 0 Å². The monoisotopic (exact) mass is 401 g/mol. The number of aliphatic hydroxyl groups excluding tert-OH is 2. The van der Waals surface area contributed by atoms with Crippen molar-refractivity contribution in [2.75, 3.05) is 20.1 Å². The smallest absolute Gasteiger partial charge is 0.449 e. The summed E-state index contributed by atoms with van der Waals surface area (Å²) in [4.78, 5) is 25.7. The summed E-state index contributed by atoms with van der Waals surface area (Å²) in [5, 5.41) is 35.5. The summed E-state index contributed by atoms with van der Waals surface area (Å²) in [6.45, 7) is 4.66. The summed E-state index contributed by atoms with van der Waals surface area (Å²) in [6.07, 6.45) is -2.05. The first kappa shape index (κ1) is 20.4. The van der Waals surface area contributed by atoms with E-state index in [0.29, 0.717) is 13.1 Å². The normalized spacial score (nSPS) is 35.1. The van der Waals surface area contributed by atoms with E-state index in [9.17, 15) is 19.8 Å².